The number of phenols is 1. The quantitative estimate of drug-likeness (QED) is 0.597. The number of aromatic hydroxyl groups is 1. The maximum Gasteiger partial charge on any atom is 0.250 e. The summed E-state index contributed by atoms with van der Waals surface area (Å²) in [5, 5.41) is 12.2. The Morgan fingerprint density at radius 1 is 1.28 bits per heavy atom. The summed E-state index contributed by atoms with van der Waals surface area (Å²) in [6.07, 6.45) is 0. The van der Waals surface area contributed by atoms with E-state index >= 15 is 0 Å². The van der Waals surface area contributed by atoms with Gasteiger partial charge in [-0.05, 0) is 37.1 Å². The number of methoxy groups -OCH3 is 1. The molecule has 5 nitrogen and oxygen atoms in total. The average molecular weight is 253 g/mol. The summed E-state index contributed by atoms with van der Waals surface area (Å²) in [6.45, 7) is 4.44. The molecule has 0 spiro atoms. The first-order valence-corrected chi connectivity index (χ1v) is 5.71. The zero-order valence-electron chi connectivity index (χ0n) is 10.9. The van der Waals surface area contributed by atoms with Crippen LogP contribution in [0.1, 0.15) is 11.1 Å². The van der Waals surface area contributed by atoms with E-state index in [-0.39, 0.29) is 18.3 Å². The monoisotopic (exact) mass is 253 g/mol. The van der Waals surface area contributed by atoms with Crippen molar-refractivity contribution in [2.24, 2.45) is 0 Å². The molecule has 0 unspecified atom stereocenters. The third-order valence-electron chi connectivity index (χ3n) is 2.48. The van der Waals surface area contributed by atoms with Gasteiger partial charge in [-0.25, -0.2) is 0 Å². The van der Waals surface area contributed by atoms with Gasteiger partial charge in [-0.15, -0.1) is 0 Å². The normalized spacial score (nSPS) is 10.4. The van der Waals surface area contributed by atoms with Crippen LogP contribution in [0.3, 0.4) is 0 Å². The summed E-state index contributed by atoms with van der Waals surface area (Å²) >= 11 is 0. The lowest BCUT2D eigenvalue weighted by Gasteiger charge is -2.10. The Balaban J connectivity index is 2.51. The first-order chi connectivity index (χ1) is 8.54. The standard InChI is InChI=1S/C13H19NO4/c1-9-7-12(15)10(2)6-11(9)14-13(16)8-18-5-4-17-3/h6-7,15H,4-5,8H2,1-3H3,(H,14,16). The van der Waals surface area contributed by atoms with Crippen LogP contribution >= 0.6 is 0 Å². The van der Waals surface area contributed by atoms with Crippen molar-refractivity contribution in [2.45, 2.75) is 13.8 Å². The third-order valence-corrected chi connectivity index (χ3v) is 2.48. The number of carbonyl (C=O) groups is 1. The number of ether oxygens (including phenoxy) is 2. The highest BCUT2D eigenvalue weighted by atomic mass is 16.5. The minimum Gasteiger partial charge on any atom is -0.508 e. The van der Waals surface area contributed by atoms with Gasteiger partial charge in [0.05, 0.1) is 13.2 Å². The Morgan fingerprint density at radius 2 is 2.00 bits per heavy atom. The van der Waals surface area contributed by atoms with Crippen LogP contribution < -0.4 is 5.32 Å². The molecule has 0 radical (unpaired) electrons. The molecule has 1 aromatic carbocycles. The summed E-state index contributed by atoms with van der Waals surface area (Å²) in [6, 6.07) is 3.36. The van der Waals surface area contributed by atoms with E-state index in [1.165, 1.54) is 0 Å². The Labute approximate surface area is 107 Å². The predicted molar refractivity (Wildman–Crippen MR) is 68.9 cm³/mol. The van der Waals surface area contributed by atoms with Crippen LogP contribution in [0.25, 0.3) is 0 Å². The molecule has 0 aliphatic carbocycles. The number of benzene rings is 1. The zero-order valence-corrected chi connectivity index (χ0v) is 10.9. The maximum atomic E-state index is 11.6. The van der Waals surface area contributed by atoms with Gasteiger partial charge in [0.1, 0.15) is 12.4 Å². The summed E-state index contributed by atoms with van der Waals surface area (Å²) in [5.41, 5.74) is 2.21. The van der Waals surface area contributed by atoms with Crippen LogP contribution in [-0.2, 0) is 14.3 Å². The highest BCUT2D eigenvalue weighted by Crippen LogP contribution is 2.24. The fourth-order valence-electron chi connectivity index (χ4n) is 1.43. The van der Waals surface area contributed by atoms with Crippen LogP contribution in [0.2, 0.25) is 0 Å². The van der Waals surface area contributed by atoms with Crippen molar-refractivity contribution in [3.05, 3.63) is 23.3 Å². The lowest BCUT2D eigenvalue weighted by molar-refractivity contribution is -0.121. The number of anilines is 1. The first kappa shape index (κ1) is 14.5. The van der Waals surface area contributed by atoms with Crippen molar-refractivity contribution in [2.75, 3.05) is 32.2 Å². The van der Waals surface area contributed by atoms with Crippen molar-refractivity contribution in [1.29, 1.82) is 0 Å². The molecule has 1 aromatic rings. The molecule has 0 saturated heterocycles. The van der Waals surface area contributed by atoms with Gasteiger partial charge in [0, 0.05) is 12.8 Å². The molecule has 0 saturated carbocycles. The molecule has 0 bridgehead atoms. The molecule has 0 heterocycles. The van der Waals surface area contributed by atoms with Gasteiger partial charge in [0.15, 0.2) is 0 Å². The molecular formula is C13H19NO4. The molecular weight excluding hydrogens is 234 g/mol. The van der Waals surface area contributed by atoms with E-state index in [9.17, 15) is 9.90 Å². The van der Waals surface area contributed by atoms with E-state index in [1.807, 2.05) is 6.92 Å². The van der Waals surface area contributed by atoms with Gasteiger partial charge in [0.25, 0.3) is 0 Å². The van der Waals surface area contributed by atoms with E-state index in [2.05, 4.69) is 5.32 Å². The van der Waals surface area contributed by atoms with Crippen molar-refractivity contribution in [3.8, 4) is 5.75 Å². The van der Waals surface area contributed by atoms with Crippen molar-refractivity contribution in [3.63, 3.8) is 0 Å². The Kier molecular flexibility index (Phi) is 5.61. The van der Waals surface area contributed by atoms with Crippen molar-refractivity contribution < 1.29 is 19.4 Å². The number of phenolic OH excluding ortho intramolecular Hbond substituents is 1. The van der Waals surface area contributed by atoms with Crippen LogP contribution in [0.15, 0.2) is 12.1 Å². The summed E-state index contributed by atoms with van der Waals surface area (Å²) < 4.78 is 9.92. The number of amides is 1. The van der Waals surface area contributed by atoms with Gasteiger partial charge in [-0.2, -0.15) is 0 Å². The minimum absolute atomic E-state index is 0.0112. The molecule has 0 aromatic heterocycles. The molecule has 0 atom stereocenters. The molecule has 18 heavy (non-hydrogen) atoms. The van der Waals surface area contributed by atoms with Crippen LogP contribution in [0, 0.1) is 13.8 Å². The highest BCUT2D eigenvalue weighted by molar-refractivity contribution is 5.92. The molecule has 1 rings (SSSR count). The Bertz CT molecular complexity index is 418. The van der Waals surface area contributed by atoms with Crippen LogP contribution in [0.5, 0.6) is 5.75 Å². The third kappa shape index (κ3) is 4.35. The van der Waals surface area contributed by atoms with Gasteiger partial charge in [0.2, 0.25) is 5.91 Å². The number of hydrogen-bond acceptors (Lipinski definition) is 4. The smallest absolute Gasteiger partial charge is 0.250 e. The molecule has 0 aliphatic heterocycles. The molecule has 1 amide bonds. The second-order valence-electron chi connectivity index (χ2n) is 4.05. The fourth-order valence-corrected chi connectivity index (χ4v) is 1.43. The number of rotatable bonds is 6. The van der Waals surface area contributed by atoms with Crippen LogP contribution in [-0.4, -0.2) is 37.9 Å². The van der Waals surface area contributed by atoms with Crippen LogP contribution in [0.4, 0.5) is 5.69 Å². The number of carbonyl (C=O) groups excluding carboxylic acids is 1. The van der Waals surface area contributed by atoms with Gasteiger partial charge >= 0.3 is 0 Å². The fraction of sp³-hybridized carbons (Fsp3) is 0.462. The minimum atomic E-state index is -0.223. The predicted octanol–water partition coefficient (Wildman–Crippen LogP) is 1.61. The summed E-state index contributed by atoms with van der Waals surface area (Å²) in [4.78, 5) is 11.6. The van der Waals surface area contributed by atoms with E-state index in [0.29, 0.717) is 18.9 Å². The number of hydrogen-bond donors (Lipinski definition) is 2. The van der Waals surface area contributed by atoms with Gasteiger partial charge in [-0.3, -0.25) is 4.79 Å². The summed E-state index contributed by atoms with van der Waals surface area (Å²) in [5.74, 6) is 0.00105. The topological polar surface area (TPSA) is 67.8 Å². The lowest BCUT2D eigenvalue weighted by Crippen LogP contribution is -2.20. The highest BCUT2D eigenvalue weighted by Gasteiger charge is 2.07. The SMILES string of the molecule is COCCOCC(=O)Nc1cc(C)c(O)cc1C. The van der Waals surface area contributed by atoms with Gasteiger partial charge < -0.3 is 19.9 Å². The van der Waals surface area contributed by atoms with Crippen molar-refractivity contribution in [1.82, 2.24) is 0 Å². The van der Waals surface area contributed by atoms with Gasteiger partial charge in [-0.1, -0.05) is 0 Å². The lowest BCUT2D eigenvalue weighted by atomic mass is 10.1. The molecule has 5 heteroatoms. The average Bonchev–Trinajstić information content (AvgIpc) is 2.32. The molecule has 2 N–H and O–H groups in total. The first-order valence-electron chi connectivity index (χ1n) is 5.71. The maximum absolute atomic E-state index is 11.6. The number of nitrogens with one attached hydrogen (secondary N) is 1. The second kappa shape index (κ2) is 6.98. The largest absolute Gasteiger partial charge is 0.508 e. The molecule has 100 valence electrons. The summed E-state index contributed by atoms with van der Waals surface area (Å²) in [7, 11) is 1.58. The van der Waals surface area contributed by atoms with E-state index in [4.69, 9.17) is 9.47 Å². The molecule has 0 fully saturated rings. The zero-order chi connectivity index (χ0) is 13.5. The number of aryl methyl sites for hydroxylation is 2. The second-order valence-corrected chi connectivity index (χ2v) is 4.05. The van der Waals surface area contributed by atoms with Crippen molar-refractivity contribution >= 4 is 11.6 Å². The van der Waals surface area contributed by atoms with E-state index in [0.717, 1.165) is 11.1 Å². The Morgan fingerprint density at radius 3 is 2.67 bits per heavy atom. The molecule has 0 aliphatic rings. The Hall–Kier alpha value is -1.59. The van der Waals surface area contributed by atoms with E-state index in [1.54, 1.807) is 26.2 Å². The van der Waals surface area contributed by atoms with E-state index < -0.39 is 0 Å².